The van der Waals surface area contributed by atoms with Crippen molar-refractivity contribution in [1.29, 1.82) is 0 Å². The van der Waals surface area contributed by atoms with Crippen molar-refractivity contribution in [2.75, 3.05) is 31.1 Å². The van der Waals surface area contributed by atoms with Crippen LogP contribution in [-0.2, 0) is 4.79 Å². The number of piperazine rings is 1. The third-order valence-corrected chi connectivity index (χ3v) is 3.50. The number of thiazole rings is 1. The first-order valence-corrected chi connectivity index (χ1v) is 6.25. The highest BCUT2D eigenvalue weighted by Crippen LogP contribution is 2.18. The average molecular weight is 240 g/mol. The summed E-state index contributed by atoms with van der Waals surface area (Å²) in [5.41, 5.74) is 5.58. The molecule has 2 rings (SSSR count). The van der Waals surface area contributed by atoms with Gasteiger partial charge in [0.2, 0.25) is 5.91 Å². The summed E-state index contributed by atoms with van der Waals surface area (Å²) in [6, 6.07) is -0.397. The molecule has 1 aliphatic heterocycles. The zero-order valence-electron chi connectivity index (χ0n) is 9.30. The third kappa shape index (κ3) is 2.33. The standard InChI is InChI=1S/C10H16N4OS/c1-8(11)9(15)13-3-5-14(6-4-13)10-12-2-7-16-10/h2,7-8H,3-6,11H2,1H3. The number of rotatable bonds is 2. The van der Waals surface area contributed by atoms with Crippen LogP contribution in [0.15, 0.2) is 11.6 Å². The molecule has 88 valence electrons. The van der Waals surface area contributed by atoms with Crippen LogP contribution in [0, 0.1) is 0 Å². The van der Waals surface area contributed by atoms with Crippen molar-refractivity contribution < 1.29 is 4.79 Å². The number of hydrogen-bond donors (Lipinski definition) is 1. The van der Waals surface area contributed by atoms with Gasteiger partial charge >= 0.3 is 0 Å². The molecule has 5 nitrogen and oxygen atoms in total. The van der Waals surface area contributed by atoms with Gasteiger partial charge in [0.25, 0.3) is 0 Å². The first-order valence-electron chi connectivity index (χ1n) is 5.37. The van der Waals surface area contributed by atoms with Crippen molar-refractivity contribution in [3.05, 3.63) is 11.6 Å². The SMILES string of the molecule is CC(N)C(=O)N1CCN(c2nccs2)CC1. The molecular weight excluding hydrogens is 224 g/mol. The lowest BCUT2D eigenvalue weighted by molar-refractivity contribution is -0.132. The van der Waals surface area contributed by atoms with E-state index in [1.165, 1.54) is 0 Å². The van der Waals surface area contributed by atoms with Gasteiger partial charge in [-0.3, -0.25) is 4.79 Å². The lowest BCUT2D eigenvalue weighted by atomic mass is 10.2. The first-order chi connectivity index (χ1) is 7.68. The molecule has 0 aliphatic carbocycles. The number of hydrogen-bond acceptors (Lipinski definition) is 5. The zero-order valence-corrected chi connectivity index (χ0v) is 10.1. The van der Waals surface area contributed by atoms with Crippen molar-refractivity contribution in [1.82, 2.24) is 9.88 Å². The maximum absolute atomic E-state index is 11.7. The van der Waals surface area contributed by atoms with E-state index in [9.17, 15) is 4.79 Å². The first kappa shape index (κ1) is 11.3. The maximum Gasteiger partial charge on any atom is 0.239 e. The number of carbonyl (C=O) groups is 1. The summed E-state index contributed by atoms with van der Waals surface area (Å²) in [6.07, 6.45) is 1.81. The van der Waals surface area contributed by atoms with E-state index in [4.69, 9.17) is 5.73 Å². The fourth-order valence-electron chi connectivity index (χ4n) is 1.78. The van der Waals surface area contributed by atoms with Crippen LogP contribution in [0.3, 0.4) is 0 Å². The summed E-state index contributed by atoms with van der Waals surface area (Å²) in [5.74, 6) is 0.0405. The Morgan fingerprint density at radius 2 is 2.19 bits per heavy atom. The maximum atomic E-state index is 11.7. The second-order valence-corrected chi connectivity index (χ2v) is 4.79. The average Bonchev–Trinajstić information content (AvgIpc) is 2.81. The van der Waals surface area contributed by atoms with Gasteiger partial charge in [0.05, 0.1) is 6.04 Å². The van der Waals surface area contributed by atoms with Crippen LogP contribution < -0.4 is 10.6 Å². The lowest BCUT2D eigenvalue weighted by Gasteiger charge is -2.35. The fraction of sp³-hybridized carbons (Fsp3) is 0.600. The molecule has 0 aromatic carbocycles. The van der Waals surface area contributed by atoms with Crippen LogP contribution in [0.1, 0.15) is 6.92 Å². The number of anilines is 1. The molecule has 0 spiro atoms. The van der Waals surface area contributed by atoms with Crippen molar-refractivity contribution in [2.45, 2.75) is 13.0 Å². The number of nitrogens with two attached hydrogens (primary N) is 1. The van der Waals surface area contributed by atoms with Crippen molar-refractivity contribution in [2.24, 2.45) is 5.73 Å². The largest absolute Gasteiger partial charge is 0.345 e. The number of amides is 1. The predicted molar refractivity (Wildman–Crippen MR) is 64.6 cm³/mol. The van der Waals surface area contributed by atoms with Crippen LogP contribution in [0.5, 0.6) is 0 Å². The van der Waals surface area contributed by atoms with Gasteiger partial charge in [0.15, 0.2) is 5.13 Å². The third-order valence-electron chi connectivity index (χ3n) is 2.67. The van der Waals surface area contributed by atoms with E-state index in [0.29, 0.717) is 0 Å². The monoisotopic (exact) mass is 240 g/mol. The molecule has 1 unspecified atom stereocenters. The van der Waals surface area contributed by atoms with E-state index in [-0.39, 0.29) is 5.91 Å². The van der Waals surface area contributed by atoms with Crippen molar-refractivity contribution in [3.63, 3.8) is 0 Å². The van der Waals surface area contributed by atoms with E-state index in [0.717, 1.165) is 31.3 Å². The Morgan fingerprint density at radius 1 is 1.50 bits per heavy atom. The zero-order chi connectivity index (χ0) is 11.5. The second kappa shape index (κ2) is 4.80. The summed E-state index contributed by atoms with van der Waals surface area (Å²) >= 11 is 1.63. The molecule has 0 bridgehead atoms. The fourth-order valence-corrected chi connectivity index (χ4v) is 2.47. The minimum atomic E-state index is -0.397. The van der Waals surface area contributed by atoms with Gasteiger partial charge in [0.1, 0.15) is 0 Å². The molecule has 0 saturated carbocycles. The van der Waals surface area contributed by atoms with Gasteiger partial charge in [-0.05, 0) is 6.92 Å². The quantitative estimate of drug-likeness (QED) is 0.798. The Bertz CT molecular complexity index is 344. The van der Waals surface area contributed by atoms with Gasteiger partial charge in [-0.1, -0.05) is 0 Å². The number of aromatic nitrogens is 1. The molecule has 1 aromatic rings. The molecule has 1 saturated heterocycles. The topological polar surface area (TPSA) is 62.5 Å². The van der Waals surface area contributed by atoms with E-state index < -0.39 is 6.04 Å². The minimum absolute atomic E-state index is 0.0405. The Hall–Kier alpha value is -1.14. The molecule has 1 aliphatic rings. The van der Waals surface area contributed by atoms with Crippen LogP contribution >= 0.6 is 11.3 Å². The van der Waals surface area contributed by atoms with Gasteiger partial charge < -0.3 is 15.5 Å². The van der Waals surface area contributed by atoms with E-state index in [1.807, 2.05) is 10.3 Å². The molecule has 6 heteroatoms. The Morgan fingerprint density at radius 3 is 2.69 bits per heavy atom. The lowest BCUT2D eigenvalue weighted by Crippen LogP contribution is -2.52. The molecule has 1 amide bonds. The molecule has 1 atom stereocenters. The molecule has 1 aromatic heterocycles. The second-order valence-electron chi connectivity index (χ2n) is 3.92. The molecule has 0 radical (unpaired) electrons. The van der Waals surface area contributed by atoms with E-state index in [1.54, 1.807) is 24.5 Å². The summed E-state index contributed by atoms with van der Waals surface area (Å²) < 4.78 is 0. The van der Waals surface area contributed by atoms with E-state index >= 15 is 0 Å². The summed E-state index contributed by atoms with van der Waals surface area (Å²) in [5, 5.41) is 3.00. The van der Waals surface area contributed by atoms with Crippen LogP contribution in [0.2, 0.25) is 0 Å². The van der Waals surface area contributed by atoms with Gasteiger partial charge in [-0.25, -0.2) is 4.98 Å². The molecule has 2 heterocycles. The van der Waals surface area contributed by atoms with Crippen LogP contribution in [-0.4, -0.2) is 48.0 Å². The molecule has 2 N–H and O–H groups in total. The number of carbonyl (C=O) groups excluding carboxylic acids is 1. The molecule has 1 fully saturated rings. The number of nitrogens with zero attached hydrogens (tertiary/aromatic N) is 3. The Balaban J connectivity index is 1.90. The summed E-state index contributed by atoms with van der Waals surface area (Å²) in [4.78, 5) is 20.0. The Kier molecular flexibility index (Phi) is 3.40. The summed E-state index contributed by atoms with van der Waals surface area (Å²) in [7, 11) is 0. The highest BCUT2D eigenvalue weighted by Gasteiger charge is 2.23. The van der Waals surface area contributed by atoms with Crippen molar-refractivity contribution in [3.8, 4) is 0 Å². The summed E-state index contributed by atoms with van der Waals surface area (Å²) in [6.45, 7) is 4.88. The van der Waals surface area contributed by atoms with Crippen molar-refractivity contribution >= 4 is 22.4 Å². The highest BCUT2D eigenvalue weighted by molar-refractivity contribution is 7.13. The van der Waals surface area contributed by atoms with Crippen LogP contribution in [0.4, 0.5) is 5.13 Å². The molecule has 16 heavy (non-hydrogen) atoms. The van der Waals surface area contributed by atoms with Gasteiger partial charge in [-0.15, -0.1) is 11.3 Å². The van der Waals surface area contributed by atoms with Gasteiger partial charge in [0, 0.05) is 37.8 Å². The predicted octanol–water partition coefficient (Wildman–Crippen LogP) is 0.139. The normalized spacial score (nSPS) is 18.6. The molecular formula is C10H16N4OS. The van der Waals surface area contributed by atoms with Gasteiger partial charge in [-0.2, -0.15) is 0 Å². The Labute approximate surface area is 98.9 Å². The van der Waals surface area contributed by atoms with E-state index in [2.05, 4.69) is 9.88 Å². The smallest absolute Gasteiger partial charge is 0.239 e. The minimum Gasteiger partial charge on any atom is -0.345 e. The van der Waals surface area contributed by atoms with Crippen LogP contribution in [0.25, 0.3) is 0 Å². The highest BCUT2D eigenvalue weighted by atomic mass is 32.1.